The average molecular weight is 999 g/mol. The molecule has 2 saturated heterocycles. The summed E-state index contributed by atoms with van der Waals surface area (Å²) in [7, 11) is 0. The third-order valence-corrected chi connectivity index (χ3v) is 12.5. The molecule has 10 N–H and O–H groups in total. The van der Waals surface area contributed by atoms with Gasteiger partial charge in [0.1, 0.15) is 54.4 Å². The topological polar surface area (TPSA) is 308 Å². The Kier molecular flexibility index (Phi) is 24.6. The first-order valence-electron chi connectivity index (χ1n) is 23.7. The van der Waals surface area contributed by atoms with Gasteiger partial charge in [0.2, 0.25) is 53.2 Å². The van der Waals surface area contributed by atoms with Gasteiger partial charge in [0, 0.05) is 24.6 Å². The summed E-state index contributed by atoms with van der Waals surface area (Å²) in [6.07, 6.45) is 2.24. The minimum Gasteiger partial charge on any atom is -0.480 e. The van der Waals surface area contributed by atoms with E-state index in [1.807, 2.05) is 41.5 Å². The highest BCUT2D eigenvalue weighted by molar-refractivity contribution is 7.80. The first-order valence-corrected chi connectivity index (χ1v) is 24.9. The standard InChI is InChI=1S/C45H78N10O11S2/c1-22(2)17-29(38(58)47-26(9)36(56)48-27(10)43(63)54-15-11-13-33(54)40(60)52-32(21-68)45(65)66)49-39(59)30(18-23(3)4)50-42(62)35(25(7)8)53-41(61)34-14-12-16-55(34)44(64)31(19-24(5)6)51-37(57)28(46)20-67/h22-35,67-68H,11-21,46H2,1-10H3,(H,47,58)(H,48,56)(H,49,59)(H,50,62)(H,51,57)(H,52,60)(H,53,61)(H,65,66)/t26-,27-,28-,29-,30-,31-,32-,33-,34-,35-/m0/s1. The number of nitrogens with two attached hydrogens (primary N) is 1. The third-order valence-electron chi connectivity index (χ3n) is 11.7. The molecule has 2 aliphatic heterocycles. The monoisotopic (exact) mass is 999 g/mol. The van der Waals surface area contributed by atoms with Crippen molar-refractivity contribution in [3.8, 4) is 0 Å². The molecule has 0 aliphatic carbocycles. The van der Waals surface area contributed by atoms with Gasteiger partial charge in [-0.25, -0.2) is 4.79 Å². The number of rotatable bonds is 26. The van der Waals surface area contributed by atoms with Crippen molar-refractivity contribution < 1.29 is 53.1 Å². The van der Waals surface area contributed by atoms with Crippen molar-refractivity contribution in [2.45, 2.75) is 175 Å². The van der Waals surface area contributed by atoms with Crippen LogP contribution >= 0.6 is 25.3 Å². The van der Waals surface area contributed by atoms with Crippen molar-refractivity contribution in [3.63, 3.8) is 0 Å². The smallest absolute Gasteiger partial charge is 0.327 e. The molecule has 0 radical (unpaired) electrons. The quantitative estimate of drug-likeness (QED) is 0.0488. The molecule has 0 aromatic heterocycles. The number of carboxylic acid groups (broad SMARTS) is 1. The molecule has 9 amide bonds. The van der Waals surface area contributed by atoms with Gasteiger partial charge in [-0.3, -0.25) is 43.2 Å². The van der Waals surface area contributed by atoms with E-state index in [1.165, 1.54) is 23.6 Å². The van der Waals surface area contributed by atoms with Crippen LogP contribution in [0.2, 0.25) is 0 Å². The van der Waals surface area contributed by atoms with E-state index in [4.69, 9.17) is 5.73 Å². The third kappa shape index (κ3) is 18.0. The number of amides is 9. The number of hydrogen-bond acceptors (Lipinski definition) is 13. The first-order chi connectivity index (χ1) is 31.7. The predicted octanol–water partition coefficient (Wildman–Crippen LogP) is -0.532. The normalized spacial score (nSPS) is 19.5. The van der Waals surface area contributed by atoms with Gasteiger partial charge < -0.3 is 57.9 Å². The molecular weight excluding hydrogens is 921 g/mol. The summed E-state index contributed by atoms with van der Waals surface area (Å²) in [5.41, 5.74) is 5.86. The zero-order valence-electron chi connectivity index (χ0n) is 41.3. The van der Waals surface area contributed by atoms with Crippen LogP contribution in [0, 0.1) is 23.7 Å². The van der Waals surface area contributed by atoms with Crippen molar-refractivity contribution in [1.82, 2.24) is 47.0 Å². The summed E-state index contributed by atoms with van der Waals surface area (Å²) in [5.74, 6) is -7.50. The number of aliphatic carboxylic acids is 1. The van der Waals surface area contributed by atoms with E-state index in [-0.39, 0.29) is 55.2 Å². The second-order valence-corrected chi connectivity index (χ2v) is 20.2. The number of carboxylic acids is 1. The van der Waals surface area contributed by atoms with Crippen LogP contribution in [0.5, 0.6) is 0 Å². The van der Waals surface area contributed by atoms with Crippen LogP contribution in [0.4, 0.5) is 0 Å². The number of thiol groups is 2. The molecule has 0 saturated carbocycles. The molecule has 23 heteroatoms. The Morgan fingerprint density at radius 2 is 0.941 bits per heavy atom. The predicted molar refractivity (Wildman–Crippen MR) is 261 cm³/mol. The zero-order valence-corrected chi connectivity index (χ0v) is 43.0. The molecule has 2 aliphatic rings. The van der Waals surface area contributed by atoms with Crippen molar-refractivity contribution in [3.05, 3.63) is 0 Å². The molecule has 2 fully saturated rings. The van der Waals surface area contributed by atoms with Crippen molar-refractivity contribution in [2.24, 2.45) is 29.4 Å². The van der Waals surface area contributed by atoms with Gasteiger partial charge in [-0.2, -0.15) is 25.3 Å². The Hall–Kier alpha value is -4.64. The molecule has 68 heavy (non-hydrogen) atoms. The minimum atomic E-state index is -1.27. The minimum absolute atomic E-state index is 0.0234. The van der Waals surface area contributed by atoms with Gasteiger partial charge in [-0.1, -0.05) is 55.4 Å². The lowest BCUT2D eigenvalue weighted by Crippen LogP contribution is -2.61. The molecular formula is C45H78N10O11S2. The van der Waals surface area contributed by atoms with Crippen LogP contribution in [-0.2, 0) is 47.9 Å². The molecule has 0 unspecified atom stereocenters. The van der Waals surface area contributed by atoms with Crippen molar-refractivity contribution >= 4 is 84.4 Å². The molecule has 0 aromatic rings. The highest BCUT2D eigenvalue weighted by Gasteiger charge is 2.41. The number of hydrogen-bond donors (Lipinski definition) is 11. The molecule has 0 bridgehead atoms. The molecule has 21 nitrogen and oxygen atoms in total. The highest BCUT2D eigenvalue weighted by atomic mass is 32.1. The maximum Gasteiger partial charge on any atom is 0.327 e. The summed E-state index contributed by atoms with van der Waals surface area (Å²) in [6, 6.07) is -10.7. The van der Waals surface area contributed by atoms with Gasteiger partial charge in [0.15, 0.2) is 0 Å². The molecule has 0 aromatic carbocycles. The lowest BCUT2D eigenvalue weighted by molar-refractivity contribution is -0.144. The van der Waals surface area contributed by atoms with E-state index in [0.29, 0.717) is 32.1 Å². The largest absolute Gasteiger partial charge is 0.480 e. The van der Waals surface area contributed by atoms with E-state index in [9.17, 15) is 53.1 Å². The maximum absolute atomic E-state index is 14.0. The summed E-state index contributed by atoms with van der Waals surface area (Å²) in [5, 5.41) is 27.9. The zero-order chi connectivity index (χ0) is 51.7. The fourth-order valence-electron chi connectivity index (χ4n) is 8.07. The van der Waals surface area contributed by atoms with Crippen LogP contribution in [0.25, 0.3) is 0 Å². The first kappa shape index (κ1) is 59.5. The van der Waals surface area contributed by atoms with E-state index < -0.39 is 125 Å². The number of nitrogens with zero attached hydrogens (tertiary/aromatic N) is 2. The van der Waals surface area contributed by atoms with Crippen molar-refractivity contribution in [1.29, 1.82) is 0 Å². The summed E-state index contributed by atoms with van der Waals surface area (Å²) in [4.78, 5) is 136. The lowest BCUT2D eigenvalue weighted by Gasteiger charge is -2.32. The number of likely N-dealkylation sites (tertiary alicyclic amines) is 2. The highest BCUT2D eigenvalue weighted by Crippen LogP contribution is 2.22. The SMILES string of the molecule is CC(C)C[C@H](NC(=O)[C@H](CC(C)C)NC(=O)[C@@H](NC(=O)[C@@H]1CCCN1C(=O)[C@H](CC(C)C)NC(=O)[C@@H](N)CS)C(C)C)C(=O)N[C@@H](C)C(=O)N[C@@H](C)C(=O)N1CCC[C@H]1C(=O)N[C@@H](CS)C(=O)O. The van der Waals surface area contributed by atoms with Gasteiger partial charge in [-0.15, -0.1) is 0 Å². The summed E-state index contributed by atoms with van der Waals surface area (Å²) in [6.45, 7) is 17.9. The van der Waals surface area contributed by atoms with E-state index in [1.54, 1.807) is 13.8 Å². The van der Waals surface area contributed by atoms with Gasteiger partial charge in [0.25, 0.3) is 0 Å². The Balaban J connectivity index is 2.18. The molecule has 2 rings (SSSR count). The van der Waals surface area contributed by atoms with Crippen LogP contribution in [0.3, 0.4) is 0 Å². The fraction of sp³-hybridized carbons (Fsp3) is 0.778. The van der Waals surface area contributed by atoms with Gasteiger partial charge >= 0.3 is 5.97 Å². The number of nitrogens with one attached hydrogen (secondary N) is 7. The second-order valence-electron chi connectivity index (χ2n) is 19.5. The average Bonchev–Trinajstić information content (AvgIpc) is 3.96. The molecule has 386 valence electrons. The van der Waals surface area contributed by atoms with E-state index >= 15 is 0 Å². The Morgan fingerprint density at radius 3 is 1.40 bits per heavy atom. The fourth-order valence-corrected chi connectivity index (χ4v) is 8.48. The molecule has 2 heterocycles. The Labute approximate surface area is 411 Å². The maximum atomic E-state index is 14.0. The Morgan fingerprint density at radius 1 is 0.515 bits per heavy atom. The number of carbonyl (C=O) groups is 10. The lowest BCUT2D eigenvalue weighted by atomic mass is 9.98. The summed E-state index contributed by atoms with van der Waals surface area (Å²) < 4.78 is 0. The summed E-state index contributed by atoms with van der Waals surface area (Å²) >= 11 is 8.05. The van der Waals surface area contributed by atoms with Crippen LogP contribution in [0.15, 0.2) is 0 Å². The second kappa shape index (κ2) is 28.1. The molecule has 10 atom stereocenters. The van der Waals surface area contributed by atoms with Gasteiger partial charge in [0.05, 0.1) is 6.04 Å². The van der Waals surface area contributed by atoms with Gasteiger partial charge in [-0.05, 0) is 82.5 Å². The van der Waals surface area contributed by atoms with Crippen LogP contribution < -0.4 is 43.0 Å². The number of carbonyl (C=O) groups excluding carboxylic acids is 9. The van der Waals surface area contributed by atoms with Crippen molar-refractivity contribution in [2.75, 3.05) is 24.6 Å². The van der Waals surface area contributed by atoms with E-state index in [2.05, 4.69) is 62.5 Å². The van der Waals surface area contributed by atoms with Crippen LogP contribution in [-0.4, -0.2) is 159 Å². The Bertz CT molecular complexity index is 1800. The molecule has 0 spiro atoms. The van der Waals surface area contributed by atoms with E-state index in [0.717, 1.165) is 0 Å². The van der Waals surface area contributed by atoms with Crippen LogP contribution in [0.1, 0.15) is 114 Å².